The molecule has 0 saturated carbocycles. The molecule has 0 aliphatic rings. The highest BCUT2D eigenvalue weighted by Crippen LogP contribution is 2.18. The Morgan fingerprint density at radius 2 is 1.89 bits per heavy atom. The lowest BCUT2D eigenvalue weighted by Gasteiger charge is -2.25. The van der Waals surface area contributed by atoms with E-state index in [0.29, 0.717) is 22.8 Å². The highest BCUT2D eigenvalue weighted by Gasteiger charge is 2.26. The van der Waals surface area contributed by atoms with Gasteiger partial charge in [-0.25, -0.2) is 8.42 Å². The van der Waals surface area contributed by atoms with E-state index in [4.69, 9.17) is 18.0 Å². The van der Waals surface area contributed by atoms with Crippen molar-refractivity contribution in [1.82, 2.24) is 4.31 Å². The van der Waals surface area contributed by atoms with Gasteiger partial charge in [0.1, 0.15) is 0 Å². The molecule has 0 heterocycles. The Kier molecular flexibility index (Phi) is 5.25. The van der Waals surface area contributed by atoms with E-state index in [1.54, 1.807) is 30.3 Å². The molecule has 0 aromatic heterocycles. The van der Waals surface area contributed by atoms with Gasteiger partial charge in [0.2, 0.25) is 10.0 Å². The molecule has 0 unspecified atom stereocenters. The van der Waals surface area contributed by atoms with Gasteiger partial charge in [-0.1, -0.05) is 30.4 Å². The molecule has 0 fully saturated rings. The Bertz CT molecular complexity index is 498. The van der Waals surface area contributed by atoms with Gasteiger partial charge in [-0.3, -0.25) is 0 Å². The molecule has 1 aromatic carbocycles. The first kappa shape index (κ1) is 15.1. The van der Waals surface area contributed by atoms with Crippen LogP contribution in [0.5, 0.6) is 0 Å². The quantitative estimate of drug-likeness (QED) is 0.809. The van der Waals surface area contributed by atoms with Gasteiger partial charge in [0.25, 0.3) is 0 Å². The van der Waals surface area contributed by atoms with E-state index >= 15 is 0 Å². The van der Waals surface area contributed by atoms with Crippen LogP contribution in [0.15, 0.2) is 35.2 Å². The summed E-state index contributed by atoms with van der Waals surface area (Å²) in [5.41, 5.74) is 5.43. The largest absolute Gasteiger partial charge is 0.393 e. The van der Waals surface area contributed by atoms with Crippen molar-refractivity contribution >= 4 is 27.2 Å². The summed E-state index contributed by atoms with van der Waals surface area (Å²) in [7, 11) is -3.48. The molecule has 2 N–H and O–H groups in total. The minimum Gasteiger partial charge on any atom is -0.393 e. The van der Waals surface area contributed by atoms with E-state index in [0.717, 1.165) is 0 Å². The molecule has 0 radical (unpaired) electrons. The summed E-state index contributed by atoms with van der Waals surface area (Å²) >= 11 is 4.80. The minimum absolute atomic E-state index is 0.135. The summed E-state index contributed by atoms with van der Waals surface area (Å²) in [4.78, 5) is 0.616. The third-order valence-corrected chi connectivity index (χ3v) is 4.80. The van der Waals surface area contributed by atoms with Crippen molar-refractivity contribution in [3.8, 4) is 0 Å². The normalized spacial score (nSPS) is 12.0. The maximum atomic E-state index is 12.4. The molecule has 0 saturated heterocycles. The molecule has 0 amide bonds. The molecular formula is C12H18N2O2S2. The Morgan fingerprint density at radius 1 is 1.33 bits per heavy atom. The Morgan fingerprint density at radius 3 is 2.33 bits per heavy atom. The predicted molar refractivity (Wildman–Crippen MR) is 76.9 cm³/mol. The molecule has 0 bridgehead atoms. The van der Waals surface area contributed by atoms with Crippen molar-refractivity contribution in [2.24, 2.45) is 5.73 Å². The first-order chi connectivity index (χ1) is 8.35. The van der Waals surface area contributed by atoms with Crippen LogP contribution in [0.25, 0.3) is 0 Å². The Balaban J connectivity index is 3.02. The van der Waals surface area contributed by atoms with Crippen LogP contribution in [0.1, 0.15) is 20.3 Å². The van der Waals surface area contributed by atoms with Crippen LogP contribution in [0.4, 0.5) is 0 Å². The fourth-order valence-electron chi connectivity index (χ4n) is 1.60. The van der Waals surface area contributed by atoms with Crippen LogP contribution in [-0.2, 0) is 10.0 Å². The average molecular weight is 286 g/mol. The molecule has 1 aromatic rings. The van der Waals surface area contributed by atoms with Crippen molar-refractivity contribution in [3.63, 3.8) is 0 Å². The van der Waals surface area contributed by atoms with Gasteiger partial charge in [-0.05, 0) is 26.0 Å². The van der Waals surface area contributed by atoms with Gasteiger partial charge in [0.15, 0.2) is 0 Å². The van der Waals surface area contributed by atoms with Crippen LogP contribution in [0.3, 0.4) is 0 Å². The molecule has 0 aliphatic heterocycles. The maximum absolute atomic E-state index is 12.4. The maximum Gasteiger partial charge on any atom is 0.243 e. The standard InChI is InChI=1S/C12H18N2O2S2/c1-10(2)14(9-8-12(13)17)18(15,16)11-6-4-3-5-7-11/h3-7,10H,8-9H2,1-2H3,(H2,13,17). The summed E-state index contributed by atoms with van der Waals surface area (Å²) in [5, 5.41) is 0. The highest BCUT2D eigenvalue weighted by atomic mass is 32.2. The van der Waals surface area contributed by atoms with Crippen molar-refractivity contribution in [2.75, 3.05) is 6.54 Å². The Labute approximate surface area is 114 Å². The number of hydrogen-bond donors (Lipinski definition) is 1. The average Bonchev–Trinajstić information content (AvgIpc) is 2.29. The lowest BCUT2D eigenvalue weighted by molar-refractivity contribution is 0.362. The van der Waals surface area contributed by atoms with Crippen LogP contribution in [-0.4, -0.2) is 30.3 Å². The smallest absolute Gasteiger partial charge is 0.243 e. The van der Waals surface area contributed by atoms with E-state index in [2.05, 4.69) is 0 Å². The number of hydrogen-bond acceptors (Lipinski definition) is 3. The third-order valence-electron chi connectivity index (χ3n) is 2.50. The van der Waals surface area contributed by atoms with Gasteiger partial charge in [-0.15, -0.1) is 0 Å². The summed E-state index contributed by atoms with van der Waals surface area (Å²) in [6.45, 7) is 3.98. The number of thiocarbonyl (C=S) groups is 1. The van der Waals surface area contributed by atoms with Gasteiger partial charge in [0.05, 0.1) is 9.88 Å². The fourth-order valence-corrected chi connectivity index (χ4v) is 3.35. The van der Waals surface area contributed by atoms with E-state index in [-0.39, 0.29) is 6.04 Å². The van der Waals surface area contributed by atoms with E-state index in [1.807, 2.05) is 13.8 Å². The fraction of sp³-hybridized carbons (Fsp3) is 0.417. The lowest BCUT2D eigenvalue weighted by Crippen LogP contribution is -2.38. The van der Waals surface area contributed by atoms with Crippen LogP contribution < -0.4 is 5.73 Å². The minimum atomic E-state index is -3.48. The van der Waals surface area contributed by atoms with Crippen LogP contribution in [0.2, 0.25) is 0 Å². The molecule has 18 heavy (non-hydrogen) atoms. The monoisotopic (exact) mass is 286 g/mol. The van der Waals surface area contributed by atoms with Gasteiger partial charge in [-0.2, -0.15) is 4.31 Å². The van der Waals surface area contributed by atoms with Crippen molar-refractivity contribution in [2.45, 2.75) is 31.2 Å². The van der Waals surface area contributed by atoms with Crippen LogP contribution >= 0.6 is 12.2 Å². The zero-order chi connectivity index (χ0) is 13.8. The summed E-state index contributed by atoms with van der Waals surface area (Å²) in [5.74, 6) is 0. The lowest BCUT2D eigenvalue weighted by atomic mass is 10.3. The van der Waals surface area contributed by atoms with Crippen LogP contribution in [0, 0.1) is 0 Å². The van der Waals surface area contributed by atoms with Gasteiger partial charge in [0, 0.05) is 19.0 Å². The first-order valence-corrected chi connectivity index (χ1v) is 7.55. The molecule has 100 valence electrons. The molecule has 6 heteroatoms. The molecule has 0 spiro atoms. The van der Waals surface area contributed by atoms with Gasteiger partial charge < -0.3 is 5.73 Å². The number of nitrogens with two attached hydrogens (primary N) is 1. The molecular weight excluding hydrogens is 268 g/mol. The van der Waals surface area contributed by atoms with Crippen molar-refractivity contribution in [3.05, 3.63) is 30.3 Å². The number of nitrogens with zero attached hydrogens (tertiary/aromatic N) is 1. The predicted octanol–water partition coefficient (Wildman–Crippen LogP) is 1.76. The zero-order valence-electron chi connectivity index (χ0n) is 10.5. The first-order valence-electron chi connectivity index (χ1n) is 5.71. The van der Waals surface area contributed by atoms with E-state index in [9.17, 15) is 8.42 Å². The molecule has 0 atom stereocenters. The second-order valence-corrected chi connectivity index (χ2v) is 6.65. The molecule has 1 rings (SSSR count). The summed E-state index contributed by atoms with van der Waals surface area (Å²) in [6, 6.07) is 8.24. The summed E-state index contributed by atoms with van der Waals surface area (Å²) < 4.78 is 26.3. The SMILES string of the molecule is CC(C)N(CCC(N)=S)S(=O)(=O)c1ccccc1. The second-order valence-electron chi connectivity index (χ2n) is 4.24. The number of rotatable bonds is 6. The van der Waals surface area contributed by atoms with E-state index in [1.165, 1.54) is 4.31 Å². The summed E-state index contributed by atoms with van der Waals surface area (Å²) in [6.07, 6.45) is 0.388. The van der Waals surface area contributed by atoms with Crippen molar-refractivity contribution < 1.29 is 8.42 Å². The number of sulfonamides is 1. The highest BCUT2D eigenvalue weighted by molar-refractivity contribution is 7.89. The van der Waals surface area contributed by atoms with E-state index < -0.39 is 10.0 Å². The second kappa shape index (κ2) is 6.26. The number of benzene rings is 1. The third kappa shape index (κ3) is 3.76. The topological polar surface area (TPSA) is 63.4 Å². The Hall–Kier alpha value is -0.980. The molecule has 4 nitrogen and oxygen atoms in total. The van der Waals surface area contributed by atoms with Crippen molar-refractivity contribution in [1.29, 1.82) is 0 Å². The zero-order valence-corrected chi connectivity index (χ0v) is 12.2. The van der Waals surface area contributed by atoms with Gasteiger partial charge >= 0.3 is 0 Å². The molecule has 0 aliphatic carbocycles.